The zero-order chi connectivity index (χ0) is 22.7. The molecule has 1 fully saturated rings. The van der Waals surface area contributed by atoms with E-state index < -0.39 is 0 Å². The van der Waals surface area contributed by atoms with E-state index in [1.165, 1.54) is 0 Å². The van der Waals surface area contributed by atoms with E-state index in [0.717, 1.165) is 44.0 Å². The fourth-order valence-electron chi connectivity index (χ4n) is 4.05. The van der Waals surface area contributed by atoms with E-state index in [-0.39, 0.29) is 5.91 Å². The van der Waals surface area contributed by atoms with Gasteiger partial charge in [0, 0.05) is 31.2 Å². The van der Waals surface area contributed by atoms with E-state index >= 15 is 0 Å². The van der Waals surface area contributed by atoms with Crippen LogP contribution in [0, 0.1) is 6.92 Å². The Hall–Kier alpha value is -2.54. The van der Waals surface area contributed by atoms with Gasteiger partial charge >= 0.3 is 0 Å². The molecule has 2 heterocycles. The molecule has 1 amide bonds. The Bertz CT molecular complexity index is 1090. The van der Waals surface area contributed by atoms with Crippen molar-refractivity contribution in [1.82, 2.24) is 14.7 Å². The van der Waals surface area contributed by atoms with Crippen LogP contribution in [-0.2, 0) is 6.54 Å². The third-order valence-electron chi connectivity index (χ3n) is 5.83. The summed E-state index contributed by atoms with van der Waals surface area (Å²) in [7, 11) is 0. The topological polar surface area (TPSA) is 53.4 Å². The van der Waals surface area contributed by atoms with Gasteiger partial charge in [-0.2, -0.15) is 5.10 Å². The van der Waals surface area contributed by atoms with Crippen LogP contribution in [-0.4, -0.2) is 53.3 Å². The van der Waals surface area contributed by atoms with Gasteiger partial charge in [-0.3, -0.25) is 4.79 Å². The molecule has 32 heavy (non-hydrogen) atoms. The SMILES string of the molecule is CCN1CCN(c2ccc(Cl)cc2NC(=O)c2c(C)nn(Cc3ccccc3)c2Cl)CC1. The molecule has 6 nitrogen and oxygen atoms in total. The van der Waals surface area contributed by atoms with Gasteiger partial charge in [-0.05, 0) is 37.2 Å². The summed E-state index contributed by atoms with van der Waals surface area (Å²) >= 11 is 12.9. The molecule has 0 saturated carbocycles. The van der Waals surface area contributed by atoms with E-state index in [1.807, 2.05) is 42.5 Å². The van der Waals surface area contributed by atoms with E-state index in [9.17, 15) is 4.79 Å². The highest BCUT2D eigenvalue weighted by molar-refractivity contribution is 6.34. The van der Waals surface area contributed by atoms with Crippen molar-refractivity contribution in [2.24, 2.45) is 0 Å². The van der Waals surface area contributed by atoms with E-state index in [4.69, 9.17) is 23.2 Å². The number of hydrogen-bond acceptors (Lipinski definition) is 4. The zero-order valence-corrected chi connectivity index (χ0v) is 19.8. The Morgan fingerprint density at radius 1 is 1.06 bits per heavy atom. The van der Waals surface area contributed by atoms with Crippen molar-refractivity contribution in [3.05, 3.63) is 75.5 Å². The summed E-state index contributed by atoms with van der Waals surface area (Å²) in [5, 5.41) is 8.42. The third kappa shape index (κ3) is 4.93. The van der Waals surface area contributed by atoms with Crippen LogP contribution in [0.4, 0.5) is 11.4 Å². The van der Waals surface area contributed by atoms with E-state index in [0.29, 0.717) is 33.7 Å². The zero-order valence-electron chi connectivity index (χ0n) is 18.3. The van der Waals surface area contributed by atoms with Gasteiger partial charge in [0.05, 0.1) is 29.2 Å². The largest absolute Gasteiger partial charge is 0.367 e. The Morgan fingerprint density at radius 3 is 2.47 bits per heavy atom. The van der Waals surface area contributed by atoms with Gasteiger partial charge in [-0.15, -0.1) is 0 Å². The highest BCUT2D eigenvalue weighted by Crippen LogP contribution is 2.31. The number of aromatic nitrogens is 2. The molecule has 0 aliphatic carbocycles. The summed E-state index contributed by atoms with van der Waals surface area (Å²) in [6.45, 7) is 9.28. The first-order valence-electron chi connectivity index (χ1n) is 10.8. The van der Waals surface area contributed by atoms with Gasteiger partial charge in [0.2, 0.25) is 0 Å². The molecule has 0 atom stereocenters. The van der Waals surface area contributed by atoms with Crippen molar-refractivity contribution >= 4 is 40.5 Å². The van der Waals surface area contributed by atoms with E-state index in [1.54, 1.807) is 17.7 Å². The number of piperazine rings is 1. The molecule has 1 aromatic heterocycles. The number of rotatable bonds is 6. The molecule has 8 heteroatoms. The monoisotopic (exact) mass is 471 g/mol. The molecule has 3 aromatic rings. The van der Waals surface area contributed by atoms with Crippen molar-refractivity contribution in [3.8, 4) is 0 Å². The van der Waals surface area contributed by atoms with Crippen LogP contribution >= 0.6 is 23.2 Å². The Morgan fingerprint density at radius 2 is 1.78 bits per heavy atom. The number of nitrogens with one attached hydrogen (secondary N) is 1. The molecular weight excluding hydrogens is 445 g/mol. The fraction of sp³-hybridized carbons (Fsp3) is 0.333. The van der Waals surface area contributed by atoms with Crippen LogP contribution < -0.4 is 10.2 Å². The standard InChI is InChI=1S/C24H27Cl2N5O/c1-3-29-11-13-30(14-12-29)21-10-9-19(25)15-20(21)27-24(32)22-17(2)28-31(23(22)26)16-18-7-5-4-6-8-18/h4-10,15H,3,11-14,16H2,1-2H3,(H,27,32). The molecule has 1 aliphatic rings. The molecule has 1 aliphatic heterocycles. The van der Waals surface area contributed by atoms with Crippen molar-refractivity contribution in [1.29, 1.82) is 0 Å². The molecule has 0 unspecified atom stereocenters. The Balaban J connectivity index is 1.56. The van der Waals surface area contributed by atoms with Crippen molar-refractivity contribution in [3.63, 3.8) is 0 Å². The smallest absolute Gasteiger partial charge is 0.260 e. The number of anilines is 2. The second-order valence-corrected chi connectivity index (χ2v) is 8.73. The summed E-state index contributed by atoms with van der Waals surface area (Å²) in [6.07, 6.45) is 0. The van der Waals surface area contributed by atoms with Gasteiger partial charge in [0.1, 0.15) is 5.15 Å². The van der Waals surface area contributed by atoms with Crippen LogP contribution in [0.5, 0.6) is 0 Å². The summed E-state index contributed by atoms with van der Waals surface area (Å²) in [5.41, 5.74) is 3.67. The quantitative estimate of drug-likeness (QED) is 0.552. The molecule has 4 rings (SSSR count). The first kappa shape index (κ1) is 22.6. The third-order valence-corrected chi connectivity index (χ3v) is 6.45. The number of aryl methyl sites for hydroxylation is 1. The van der Waals surface area contributed by atoms with E-state index in [2.05, 4.69) is 27.1 Å². The molecular formula is C24H27Cl2N5O. The molecule has 2 aromatic carbocycles. The number of nitrogens with zero attached hydrogens (tertiary/aromatic N) is 4. The van der Waals surface area contributed by atoms with Crippen molar-refractivity contribution in [2.75, 3.05) is 42.9 Å². The second-order valence-electron chi connectivity index (χ2n) is 7.93. The first-order valence-corrected chi connectivity index (χ1v) is 11.6. The van der Waals surface area contributed by atoms with Crippen LogP contribution in [0.2, 0.25) is 10.2 Å². The number of benzene rings is 2. The van der Waals surface area contributed by atoms with Gasteiger partial charge < -0.3 is 15.1 Å². The van der Waals surface area contributed by atoms with Gasteiger partial charge in [-0.1, -0.05) is 60.5 Å². The predicted molar refractivity (Wildman–Crippen MR) is 131 cm³/mol. The lowest BCUT2D eigenvalue weighted by atomic mass is 10.2. The Kier molecular flexibility index (Phi) is 7.04. The highest BCUT2D eigenvalue weighted by Gasteiger charge is 2.23. The minimum absolute atomic E-state index is 0.289. The average Bonchev–Trinajstić information content (AvgIpc) is 3.07. The van der Waals surface area contributed by atoms with Crippen LogP contribution in [0.1, 0.15) is 28.5 Å². The molecule has 168 valence electrons. The molecule has 1 N–H and O–H groups in total. The normalized spacial score (nSPS) is 14.6. The van der Waals surface area contributed by atoms with Crippen molar-refractivity contribution in [2.45, 2.75) is 20.4 Å². The number of carbonyl (C=O) groups is 1. The summed E-state index contributed by atoms with van der Waals surface area (Å²) < 4.78 is 1.66. The number of carbonyl (C=O) groups excluding carboxylic acids is 1. The minimum Gasteiger partial charge on any atom is -0.367 e. The lowest BCUT2D eigenvalue weighted by Gasteiger charge is -2.36. The molecule has 0 radical (unpaired) electrons. The Labute approximate surface area is 198 Å². The minimum atomic E-state index is -0.289. The van der Waals surface area contributed by atoms with Crippen LogP contribution in [0.25, 0.3) is 0 Å². The summed E-state index contributed by atoms with van der Waals surface area (Å²) in [4.78, 5) is 17.9. The lowest BCUT2D eigenvalue weighted by molar-refractivity contribution is 0.102. The maximum absolute atomic E-state index is 13.2. The van der Waals surface area contributed by atoms with Gasteiger partial charge in [0.15, 0.2) is 0 Å². The first-order chi connectivity index (χ1) is 15.5. The number of likely N-dealkylation sites (N-methyl/N-ethyl adjacent to an activating group) is 1. The van der Waals surface area contributed by atoms with Crippen LogP contribution in [0.15, 0.2) is 48.5 Å². The second kappa shape index (κ2) is 9.94. The summed E-state index contributed by atoms with van der Waals surface area (Å²) in [6, 6.07) is 15.5. The predicted octanol–water partition coefficient (Wildman–Crippen LogP) is 4.94. The molecule has 0 bridgehead atoms. The van der Waals surface area contributed by atoms with Crippen LogP contribution in [0.3, 0.4) is 0 Å². The summed E-state index contributed by atoms with van der Waals surface area (Å²) in [5.74, 6) is -0.289. The number of halogens is 2. The maximum atomic E-state index is 13.2. The number of hydrogen-bond donors (Lipinski definition) is 1. The van der Waals surface area contributed by atoms with Crippen molar-refractivity contribution < 1.29 is 4.79 Å². The molecule has 1 saturated heterocycles. The maximum Gasteiger partial charge on any atom is 0.260 e. The highest BCUT2D eigenvalue weighted by atomic mass is 35.5. The lowest BCUT2D eigenvalue weighted by Crippen LogP contribution is -2.46. The number of amides is 1. The average molecular weight is 472 g/mol. The van der Waals surface area contributed by atoms with Gasteiger partial charge in [0.25, 0.3) is 5.91 Å². The fourth-order valence-corrected chi connectivity index (χ4v) is 4.54. The molecule has 0 spiro atoms. The van der Waals surface area contributed by atoms with Gasteiger partial charge in [-0.25, -0.2) is 4.68 Å².